The zero-order valence-corrected chi connectivity index (χ0v) is 18.9. The minimum Gasteiger partial charge on any atom is -0.461 e. The number of ether oxygens (including phenoxy) is 1. The van der Waals surface area contributed by atoms with Crippen LogP contribution in [0.4, 0.5) is 5.13 Å². The third kappa shape index (κ3) is 5.00. The van der Waals surface area contributed by atoms with Crippen LogP contribution in [0.5, 0.6) is 0 Å². The van der Waals surface area contributed by atoms with Gasteiger partial charge in [0.2, 0.25) is 10.0 Å². The van der Waals surface area contributed by atoms with E-state index < -0.39 is 21.9 Å². The lowest BCUT2D eigenvalue weighted by Crippen LogP contribution is -2.39. The van der Waals surface area contributed by atoms with Crippen molar-refractivity contribution in [1.29, 1.82) is 0 Å². The molecule has 0 spiro atoms. The van der Waals surface area contributed by atoms with Gasteiger partial charge < -0.3 is 4.74 Å². The Balaban J connectivity index is 1.81. The molecule has 162 valence electrons. The van der Waals surface area contributed by atoms with E-state index in [1.807, 2.05) is 6.92 Å². The normalized spacial score (nSPS) is 17.5. The number of nitrogens with one attached hydrogen (secondary N) is 1. The van der Waals surface area contributed by atoms with Crippen LogP contribution in [-0.2, 0) is 14.8 Å². The van der Waals surface area contributed by atoms with E-state index in [4.69, 9.17) is 16.3 Å². The van der Waals surface area contributed by atoms with Crippen molar-refractivity contribution >= 4 is 50.0 Å². The molecule has 2 heterocycles. The van der Waals surface area contributed by atoms with Crippen LogP contribution in [0.15, 0.2) is 28.5 Å². The van der Waals surface area contributed by atoms with Crippen molar-refractivity contribution < 1.29 is 22.7 Å². The van der Waals surface area contributed by atoms with E-state index in [0.717, 1.165) is 24.2 Å². The highest BCUT2D eigenvalue weighted by atomic mass is 35.5. The number of halogens is 1. The number of aromatic nitrogens is 1. The van der Waals surface area contributed by atoms with E-state index in [-0.39, 0.29) is 38.8 Å². The average Bonchev–Trinajstić information content (AvgIpc) is 3.17. The van der Waals surface area contributed by atoms with Crippen LogP contribution in [0.25, 0.3) is 0 Å². The molecule has 1 aromatic heterocycles. The molecule has 11 heteroatoms. The molecule has 1 aliphatic rings. The summed E-state index contributed by atoms with van der Waals surface area (Å²) >= 11 is 7.24. The van der Waals surface area contributed by atoms with Crippen molar-refractivity contribution in [3.8, 4) is 0 Å². The third-order valence-corrected chi connectivity index (χ3v) is 7.74. The summed E-state index contributed by atoms with van der Waals surface area (Å²) in [4.78, 5) is 28.3. The monoisotopic (exact) mass is 471 g/mol. The summed E-state index contributed by atoms with van der Waals surface area (Å²) in [7, 11) is -3.82. The Morgan fingerprint density at radius 2 is 2.17 bits per heavy atom. The van der Waals surface area contributed by atoms with Gasteiger partial charge in [0.15, 0.2) is 10.8 Å². The maximum absolute atomic E-state index is 13.1. The van der Waals surface area contributed by atoms with E-state index in [9.17, 15) is 18.0 Å². The second kappa shape index (κ2) is 9.42. The number of sulfonamides is 1. The predicted octanol–water partition coefficient (Wildman–Crippen LogP) is 3.65. The summed E-state index contributed by atoms with van der Waals surface area (Å²) < 4.78 is 32.4. The number of carbonyl (C=O) groups excluding carboxylic acids is 2. The Bertz CT molecular complexity index is 1050. The number of hydrogen-bond donors (Lipinski definition) is 1. The molecular weight excluding hydrogens is 450 g/mol. The van der Waals surface area contributed by atoms with Crippen molar-refractivity contribution in [1.82, 2.24) is 9.29 Å². The van der Waals surface area contributed by atoms with Crippen LogP contribution in [0.3, 0.4) is 0 Å². The fraction of sp³-hybridized carbons (Fsp3) is 0.421. The van der Waals surface area contributed by atoms with E-state index in [1.54, 1.807) is 6.92 Å². The number of piperidine rings is 1. The number of rotatable bonds is 6. The first-order valence-electron chi connectivity index (χ1n) is 9.46. The Labute approximate surface area is 184 Å². The van der Waals surface area contributed by atoms with Crippen LogP contribution < -0.4 is 5.32 Å². The van der Waals surface area contributed by atoms with Crippen LogP contribution in [0.1, 0.15) is 47.5 Å². The van der Waals surface area contributed by atoms with Gasteiger partial charge in [-0.2, -0.15) is 4.31 Å². The van der Waals surface area contributed by atoms with E-state index in [2.05, 4.69) is 10.3 Å². The maximum atomic E-state index is 13.1. The minimum absolute atomic E-state index is 0.0589. The summed E-state index contributed by atoms with van der Waals surface area (Å²) in [5.41, 5.74) is 0.214. The Morgan fingerprint density at radius 1 is 1.40 bits per heavy atom. The zero-order valence-electron chi connectivity index (χ0n) is 16.6. The highest BCUT2D eigenvalue weighted by Crippen LogP contribution is 2.29. The average molecular weight is 472 g/mol. The van der Waals surface area contributed by atoms with Crippen molar-refractivity contribution in [2.24, 2.45) is 5.92 Å². The molecule has 1 aromatic carbocycles. The Morgan fingerprint density at radius 3 is 2.87 bits per heavy atom. The maximum Gasteiger partial charge on any atom is 0.357 e. The summed E-state index contributed by atoms with van der Waals surface area (Å²) in [6, 6.07) is 4.10. The van der Waals surface area contributed by atoms with Gasteiger partial charge in [-0.25, -0.2) is 18.2 Å². The molecule has 0 radical (unpaired) electrons. The standard InChI is InChI=1S/C19H22ClN3O5S2/c1-3-28-18(25)15-11-29-19(21-15)22-17(24)13-6-7-14(20)16(9-13)30(26,27)23-8-4-5-12(2)10-23/h6-7,9,11-12H,3-5,8,10H2,1-2H3,(H,21,22,24). The van der Waals surface area contributed by atoms with Crippen molar-refractivity contribution in [2.75, 3.05) is 25.0 Å². The smallest absolute Gasteiger partial charge is 0.357 e. The van der Waals surface area contributed by atoms with Gasteiger partial charge in [0.1, 0.15) is 4.90 Å². The quantitative estimate of drug-likeness (QED) is 0.644. The first-order valence-corrected chi connectivity index (χ1v) is 12.2. The number of benzene rings is 1. The van der Waals surface area contributed by atoms with Crippen LogP contribution >= 0.6 is 22.9 Å². The van der Waals surface area contributed by atoms with Crippen molar-refractivity contribution in [2.45, 2.75) is 31.6 Å². The largest absolute Gasteiger partial charge is 0.461 e. The minimum atomic E-state index is -3.82. The SMILES string of the molecule is CCOC(=O)c1csc(NC(=O)c2ccc(Cl)c(S(=O)(=O)N3CCCC(C)C3)c2)n1. The first kappa shape index (κ1) is 22.7. The van der Waals surface area contributed by atoms with E-state index in [0.29, 0.717) is 13.1 Å². The van der Waals surface area contributed by atoms with Crippen molar-refractivity contribution in [3.63, 3.8) is 0 Å². The molecule has 2 aromatic rings. The molecule has 1 saturated heterocycles. The van der Waals surface area contributed by atoms with Crippen molar-refractivity contribution in [3.05, 3.63) is 39.9 Å². The molecule has 0 saturated carbocycles. The molecule has 3 rings (SSSR count). The Kier molecular flexibility index (Phi) is 7.12. The summed E-state index contributed by atoms with van der Waals surface area (Å²) in [6.07, 6.45) is 1.76. The molecule has 30 heavy (non-hydrogen) atoms. The molecule has 1 N–H and O–H groups in total. The van der Waals surface area contributed by atoms with Gasteiger partial charge in [-0.05, 0) is 43.9 Å². The number of amides is 1. The second-order valence-electron chi connectivity index (χ2n) is 6.97. The molecule has 1 unspecified atom stereocenters. The van der Waals surface area contributed by atoms with Gasteiger partial charge >= 0.3 is 5.97 Å². The van der Waals surface area contributed by atoms with Crippen LogP contribution in [0.2, 0.25) is 5.02 Å². The molecule has 1 atom stereocenters. The molecule has 0 bridgehead atoms. The van der Waals surface area contributed by atoms with E-state index in [1.165, 1.54) is 27.9 Å². The lowest BCUT2D eigenvalue weighted by Gasteiger charge is -2.30. The van der Waals surface area contributed by atoms with E-state index >= 15 is 0 Å². The fourth-order valence-electron chi connectivity index (χ4n) is 3.15. The molecule has 0 aliphatic carbocycles. The molecule has 1 amide bonds. The molecule has 1 fully saturated rings. The van der Waals surface area contributed by atoms with Gasteiger partial charge in [0.05, 0.1) is 11.6 Å². The van der Waals surface area contributed by atoms with Gasteiger partial charge in [0.25, 0.3) is 5.91 Å². The number of esters is 1. The summed E-state index contributed by atoms with van der Waals surface area (Å²) in [5, 5.41) is 4.30. The molecule has 1 aliphatic heterocycles. The summed E-state index contributed by atoms with van der Waals surface area (Å²) in [5.74, 6) is -0.873. The summed E-state index contributed by atoms with van der Waals surface area (Å²) in [6.45, 7) is 4.76. The lowest BCUT2D eigenvalue weighted by molar-refractivity contribution is 0.0520. The fourth-order valence-corrected chi connectivity index (χ4v) is 5.92. The number of carbonyl (C=O) groups is 2. The van der Waals surface area contributed by atoms with Crippen LogP contribution in [-0.4, -0.2) is 49.3 Å². The highest BCUT2D eigenvalue weighted by Gasteiger charge is 2.31. The predicted molar refractivity (Wildman–Crippen MR) is 115 cm³/mol. The lowest BCUT2D eigenvalue weighted by atomic mass is 10.0. The topological polar surface area (TPSA) is 106 Å². The van der Waals surface area contributed by atoms with Gasteiger partial charge in [-0.15, -0.1) is 11.3 Å². The number of hydrogen-bond acceptors (Lipinski definition) is 7. The number of nitrogens with zero attached hydrogens (tertiary/aromatic N) is 2. The number of thiazole rings is 1. The third-order valence-electron chi connectivity index (χ3n) is 4.64. The second-order valence-corrected chi connectivity index (χ2v) is 10.1. The Hall–Kier alpha value is -2.01. The van der Waals surface area contributed by atoms with Gasteiger partial charge in [-0.3, -0.25) is 10.1 Å². The zero-order chi connectivity index (χ0) is 21.9. The van der Waals surface area contributed by atoms with Gasteiger partial charge in [0, 0.05) is 24.0 Å². The molecular formula is C19H22ClN3O5S2. The van der Waals surface area contributed by atoms with Crippen LogP contribution in [0, 0.1) is 5.92 Å². The highest BCUT2D eigenvalue weighted by molar-refractivity contribution is 7.89. The van der Waals surface area contributed by atoms with Gasteiger partial charge in [-0.1, -0.05) is 18.5 Å². The first-order chi connectivity index (χ1) is 14.2. The number of anilines is 1. The molecule has 8 nitrogen and oxygen atoms in total.